The molecule has 0 bridgehead atoms. The number of nitrogens with one attached hydrogen (secondary N) is 1. The van der Waals surface area contributed by atoms with Crippen LogP contribution in [0.4, 0.5) is 28.4 Å². The molecule has 4 nitrogen and oxygen atoms in total. The van der Waals surface area contributed by atoms with E-state index < -0.39 is 0 Å². The highest BCUT2D eigenvalue weighted by atomic mass is 15.2. The van der Waals surface area contributed by atoms with Crippen LogP contribution in [0.25, 0.3) is 27.5 Å². The first-order valence-electron chi connectivity index (χ1n) is 16.1. The smallest absolute Gasteiger partial charge is 0.0541 e. The van der Waals surface area contributed by atoms with Gasteiger partial charge in [0.15, 0.2) is 0 Å². The van der Waals surface area contributed by atoms with Crippen molar-refractivity contribution < 1.29 is 0 Å². The fraction of sp³-hybridized carbons (Fsp3) is 0.0455. The van der Waals surface area contributed by atoms with E-state index in [1.807, 2.05) is 38.4 Å². The molecule has 0 aliphatic rings. The zero-order valence-electron chi connectivity index (χ0n) is 27.5. The molecule has 0 amide bonds. The highest BCUT2D eigenvalue weighted by Gasteiger charge is 2.21. The third-order valence-electron chi connectivity index (χ3n) is 8.04. The molecule has 1 aromatic heterocycles. The number of fused-ring (bicyclic) bond motifs is 3. The van der Waals surface area contributed by atoms with E-state index in [0.717, 1.165) is 50.9 Å². The van der Waals surface area contributed by atoms with Crippen molar-refractivity contribution in [2.45, 2.75) is 0 Å². The normalized spacial score (nSPS) is 11.1. The number of nitrogens with zero attached hydrogens (tertiary/aromatic N) is 3. The van der Waals surface area contributed by atoms with Crippen molar-refractivity contribution in [1.29, 1.82) is 0 Å². The van der Waals surface area contributed by atoms with Crippen molar-refractivity contribution in [2.75, 3.05) is 23.9 Å². The third-order valence-corrected chi connectivity index (χ3v) is 8.04. The van der Waals surface area contributed by atoms with Crippen molar-refractivity contribution in [3.8, 4) is 5.69 Å². The number of allylic oxidation sites excluding steroid dienone is 3. The Morgan fingerprint density at radius 3 is 1.46 bits per heavy atom. The quantitative estimate of drug-likeness (QED) is 0.162. The van der Waals surface area contributed by atoms with E-state index in [4.69, 9.17) is 0 Å². The van der Waals surface area contributed by atoms with Crippen molar-refractivity contribution in [2.24, 2.45) is 0 Å². The van der Waals surface area contributed by atoms with Crippen molar-refractivity contribution in [3.63, 3.8) is 0 Å². The Morgan fingerprint density at radius 2 is 0.979 bits per heavy atom. The zero-order valence-corrected chi connectivity index (χ0v) is 27.5. The third kappa shape index (κ3) is 6.43. The summed E-state index contributed by atoms with van der Waals surface area (Å²) in [6.07, 6.45) is 5.69. The Kier molecular flexibility index (Phi) is 9.95. The van der Waals surface area contributed by atoms with Crippen molar-refractivity contribution >= 4 is 50.2 Å². The van der Waals surface area contributed by atoms with Crippen LogP contribution in [-0.2, 0) is 0 Å². The minimum Gasteiger partial charge on any atom is -0.323 e. The highest BCUT2D eigenvalue weighted by Crippen LogP contribution is 2.42. The lowest BCUT2D eigenvalue weighted by Crippen LogP contribution is -2.17. The molecule has 0 spiro atoms. The lowest BCUT2D eigenvalue weighted by atomic mass is 10.1. The monoisotopic (exact) mass is 624 g/mol. The largest absolute Gasteiger partial charge is 0.323 e. The predicted molar refractivity (Wildman–Crippen MR) is 208 cm³/mol. The van der Waals surface area contributed by atoms with Crippen LogP contribution in [0.3, 0.4) is 0 Å². The standard InChI is InChI=1S/C42H33N3.C2H7N/c1-3-18-32(4-2)43(33-19-8-5-9-20-33)36-29-37(44(34-21-10-6-11-22-34)35-23-12-7-13-24-35)31-38(30-36)45-41-27-16-14-25-39(41)40-26-15-17-28-42(40)45;1-3-2/h3-31H,1-2H2;3H,1-2H3/b32-18+;. The molecule has 48 heavy (non-hydrogen) atoms. The van der Waals surface area contributed by atoms with Crippen LogP contribution in [0.15, 0.2) is 195 Å². The van der Waals surface area contributed by atoms with Crippen LogP contribution in [0, 0.1) is 0 Å². The molecule has 1 heterocycles. The van der Waals surface area contributed by atoms with Crippen LogP contribution >= 0.6 is 0 Å². The number of aromatic nitrogens is 1. The molecule has 0 radical (unpaired) electrons. The van der Waals surface area contributed by atoms with Gasteiger partial charge >= 0.3 is 0 Å². The Balaban J connectivity index is 0.00000129. The second-order valence-electron chi connectivity index (χ2n) is 11.3. The first kappa shape index (κ1) is 31.9. The summed E-state index contributed by atoms with van der Waals surface area (Å²) < 4.78 is 2.37. The fourth-order valence-electron chi connectivity index (χ4n) is 6.15. The van der Waals surface area contributed by atoms with Crippen molar-refractivity contribution in [1.82, 2.24) is 9.88 Å². The molecule has 0 aliphatic carbocycles. The Morgan fingerprint density at radius 1 is 0.542 bits per heavy atom. The van der Waals surface area contributed by atoms with E-state index >= 15 is 0 Å². The first-order valence-corrected chi connectivity index (χ1v) is 16.1. The second kappa shape index (κ2) is 15.0. The minimum atomic E-state index is 0.924. The van der Waals surface area contributed by atoms with Gasteiger partial charge in [-0.3, -0.25) is 0 Å². The lowest BCUT2D eigenvalue weighted by Gasteiger charge is -2.31. The van der Waals surface area contributed by atoms with Gasteiger partial charge < -0.3 is 19.7 Å². The molecular weight excluding hydrogens is 585 g/mol. The van der Waals surface area contributed by atoms with E-state index in [1.165, 1.54) is 10.8 Å². The number of anilines is 5. The molecule has 0 saturated heterocycles. The van der Waals surface area contributed by atoms with Gasteiger partial charge in [-0.15, -0.1) is 0 Å². The molecule has 4 heteroatoms. The SMILES string of the molecule is C=C/C=C(\C=C)N(c1ccccc1)c1cc(N(c2ccccc2)c2ccccc2)cc(-n2c3ccccc3c3ccccc32)c1.CNC. The van der Waals surface area contributed by atoms with Gasteiger partial charge in [-0.2, -0.15) is 0 Å². The summed E-state index contributed by atoms with van der Waals surface area (Å²) in [5, 5.41) is 5.20. The molecule has 0 fully saturated rings. The van der Waals surface area contributed by atoms with Crippen LogP contribution in [0.5, 0.6) is 0 Å². The topological polar surface area (TPSA) is 23.4 Å². The lowest BCUT2D eigenvalue weighted by molar-refractivity contribution is 1.02. The van der Waals surface area contributed by atoms with Crippen LogP contribution in [0.1, 0.15) is 0 Å². The van der Waals surface area contributed by atoms with Gasteiger partial charge in [0.05, 0.1) is 28.1 Å². The van der Waals surface area contributed by atoms with Crippen LogP contribution in [0.2, 0.25) is 0 Å². The maximum absolute atomic E-state index is 4.19. The summed E-state index contributed by atoms with van der Waals surface area (Å²) in [4.78, 5) is 4.55. The van der Waals surface area contributed by atoms with Gasteiger partial charge in [0, 0.05) is 33.5 Å². The molecular formula is C44H40N4. The van der Waals surface area contributed by atoms with Gasteiger partial charge in [-0.25, -0.2) is 0 Å². The summed E-state index contributed by atoms with van der Waals surface area (Å²) in [6.45, 7) is 8.19. The van der Waals surface area contributed by atoms with Gasteiger partial charge in [-0.1, -0.05) is 110 Å². The number of hydrogen-bond donors (Lipinski definition) is 1. The highest BCUT2D eigenvalue weighted by molar-refractivity contribution is 6.09. The summed E-state index contributed by atoms with van der Waals surface area (Å²) in [5.74, 6) is 0. The second-order valence-corrected chi connectivity index (χ2v) is 11.3. The fourth-order valence-corrected chi connectivity index (χ4v) is 6.15. The minimum absolute atomic E-state index is 0.924. The van der Waals surface area contributed by atoms with Gasteiger partial charge in [-0.05, 0) is 93.0 Å². The number of hydrogen-bond acceptors (Lipinski definition) is 3. The van der Waals surface area contributed by atoms with Crippen LogP contribution in [-0.4, -0.2) is 18.7 Å². The Hall–Kier alpha value is -6.10. The average Bonchev–Trinajstić information content (AvgIpc) is 3.48. The molecule has 7 rings (SSSR count). The predicted octanol–water partition coefficient (Wildman–Crippen LogP) is 11.5. The molecule has 0 saturated carbocycles. The van der Waals surface area contributed by atoms with E-state index in [0.29, 0.717) is 0 Å². The molecule has 6 aromatic carbocycles. The summed E-state index contributed by atoms with van der Waals surface area (Å²) in [6, 6.07) is 55.6. The van der Waals surface area contributed by atoms with Gasteiger partial charge in [0.1, 0.15) is 0 Å². The molecule has 1 N–H and O–H groups in total. The zero-order chi connectivity index (χ0) is 33.3. The molecule has 0 unspecified atom stereocenters. The molecule has 0 atom stereocenters. The number of rotatable bonds is 9. The summed E-state index contributed by atoms with van der Waals surface area (Å²) in [7, 11) is 3.75. The van der Waals surface area contributed by atoms with E-state index in [-0.39, 0.29) is 0 Å². The Bertz CT molecular complexity index is 2070. The first-order chi connectivity index (χ1) is 23.7. The average molecular weight is 625 g/mol. The van der Waals surface area contributed by atoms with E-state index in [9.17, 15) is 0 Å². The maximum atomic E-state index is 4.19. The van der Waals surface area contributed by atoms with Gasteiger partial charge in [0.2, 0.25) is 0 Å². The number of benzene rings is 6. The van der Waals surface area contributed by atoms with Crippen LogP contribution < -0.4 is 15.1 Å². The van der Waals surface area contributed by atoms with Gasteiger partial charge in [0.25, 0.3) is 0 Å². The van der Waals surface area contributed by atoms with Crippen molar-refractivity contribution in [3.05, 3.63) is 195 Å². The number of para-hydroxylation sites is 5. The van der Waals surface area contributed by atoms with E-state index in [1.54, 1.807) is 0 Å². The summed E-state index contributed by atoms with van der Waals surface area (Å²) in [5.41, 5.74) is 9.50. The molecule has 7 aromatic rings. The summed E-state index contributed by atoms with van der Waals surface area (Å²) >= 11 is 0. The Labute approximate surface area is 283 Å². The molecule has 0 aliphatic heterocycles. The maximum Gasteiger partial charge on any atom is 0.0541 e. The van der Waals surface area contributed by atoms with E-state index in [2.05, 4.69) is 185 Å². The molecule has 236 valence electrons.